The largest absolute Gasteiger partial charge is 0.443 e. The minimum atomic E-state index is -0.529. The molecule has 0 spiro atoms. The molecule has 0 amide bonds. The van der Waals surface area contributed by atoms with Gasteiger partial charge < -0.3 is 4.74 Å². The highest BCUT2D eigenvalue weighted by Crippen LogP contribution is 2.02. The first-order valence-corrected chi connectivity index (χ1v) is 3.57. The van der Waals surface area contributed by atoms with Gasteiger partial charge in [0.2, 0.25) is 0 Å². The lowest BCUT2D eigenvalue weighted by atomic mass is 10.2. The highest BCUT2D eigenvalue weighted by Gasteiger charge is 2.12. The van der Waals surface area contributed by atoms with Crippen molar-refractivity contribution >= 4 is 5.97 Å². The maximum Gasteiger partial charge on any atom is 0.334 e. The van der Waals surface area contributed by atoms with E-state index in [2.05, 4.69) is 6.58 Å². The Morgan fingerprint density at radius 3 is 2.27 bits per heavy atom. The van der Waals surface area contributed by atoms with E-state index in [-0.39, 0.29) is 5.92 Å². The Labute approximate surface area is 67.2 Å². The maximum absolute atomic E-state index is 10.9. The third-order valence-electron chi connectivity index (χ3n) is 1.25. The molecule has 0 saturated carbocycles. The molecule has 3 heteroatoms. The molecule has 1 unspecified atom stereocenters. The standard InChI is InChI=1S/C8H15NO2/c1-5(2)7(9)11-8(10)6(3)4/h5,7H,3,9H2,1-2,4H3. The van der Waals surface area contributed by atoms with Crippen molar-refractivity contribution in [1.29, 1.82) is 0 Å². The third kappa shape index (κ3) is 3.78. The van der Waals surface area contributed by atoms with Crippen molar-refractivity contribution in [2.24, 2.45) is 11.7 Å². The molecule has 0 heterocycles. The van der Waals surface area contributed by atoms with Crippen LogP contribution in [0.4, 0.5) is 0 Å². The van der Waals surface area contributed by atoms with Crippen LogP contribution < -0.4 is 5.73 Å². The molecular weight excluding hydrogens is 142 g/mol. The second kappa shape index (κ2) is 4.13. The van der Waals surface area contributed by atoms with Crippen LogP contribution in [0.25, 0.3) is 0 Å². The van der Waals surface area contributed by atoms with Crippen LogP contribution in [0.15, 0.2) is 12.2 Å². The minimum Gasteiger partial charge on any atom is -0.443 e. The van der Waals surface area contributed by atoms with Gasteiger partial charge in [0, 0.05) is 11.5 Å². The lowest BCUT2D eigenvalue weighted by molar-refractivity contribution is -0.146. The van der Waals surface area contributed by atoms with Crippen LogP contribution in [0.5, 0.6) is 0 Å². The first-order chi connectivity index (χ1) is 4.95. The van der Waals surface area contributed by atoms with E-state index >= 15 is 0 Å². The number of ether oxygens (including phenoxy) is 1. The van der Waals surface area contributed by atoms with Gasteiger partial charge in [-0.25, -0.2) is 4.79 Å². The summed E-state index contributed by atoms with van der Waals surface area (Å²) in [5.41, 5.74) is 5.85. The summed E-state index contributed by atoms with van der Waals surface area (Å²) in [5, 5.41) is 0. The van der Waals surface area contributed by atoms with E-state index in [4.69, 9.17) is 10.5 Å². The van der Waals surface area contributed by atoms with Crippen molar-refractivity contribution < 1.29 is 9.53 Å². The van der Waals surface area contributed by atoms with Crippen molar-refractivity contribution in [2.45, 2.75) is 27.0 Å². The van der Waals surface area contributed by atoms with E-state index < -0.39 is 12.2 Å². The van der Waals surface area contributed by atoms with Crippen LogP contribution in [-0.2, 0) is 9.53 Å². The molecule has 1 atom stereocenters. The maximum atomic E-state index is 10.9. The number of hydrogen-bond donors (Lipinski definition) is 1. The highest BCUT2D eigenvalue weighted by molar-refractivity contribution is 5.87. The summed E-state index contributed by atoms with van der Waals surface area (Å²) in [4.78, 5) is 10.9. The van der Waals surface area contributed by atoms with Crippen molar-refractivity contribution in [3.05, 3.63) is 12.2 Å². The molecule has 0 aliphatic heterocycles. The number of rotatable bonds is 3. The molecule has 0 aliphatic rings. The summed E-state index contributed by atoms with van der Waals surface area (Å²) in [6.07, 6.45) is -0.529. The molecular formula is C8H15NO2. The van der Waals surface area contributed by atoms with Crippen LogP contribution in [0.1, 0.15) is 20.8 Å². The Hall–Kier alpha value is -0.830. The summed E-state index contributed by atoms with van der Waals surface area (Å²) < 4.78 is 4.81. The minimum absolute atomic E-state index is 0.137. The van der Waals surface area contributed by atoms with Gasteiger partial charge in [-0.1, -0.05) is 20.4 Å². The van der Waals surface area contributed by atoms with E-state index in [0.29, 0.717) is 5.57 Å². The molecule has 64 valence electrons. The fourth-order valence-corrected chi connectivity index (χ4v) is 0.360. The highest BCUT2D eigenvalue weighted by atomic mass is 16.6. The van der Waals surface area contributed by atoms with Crippen molar-refractivity contribution in [3.8, 4) is 0 Å². The SMILES string of the molecule is C=C(C)C(=O)OC(N)C(C)C. The van der Waals surface area contributed by atoms with Gasteiger partial charge in [-0.05, 0) is 6.92 Å². The van der Waals surface area contributed by atoms with Gasteiger partial charge in [0.25, 0.3) is 0 Å². The second-order valence-corrected chi connectivity index (χ2v) is 2.89. The molecule has 0 rings (SSSR count). The average Bonchev–Trinajstić information content (AvgIpc) is 1.87. The van der Waals surface area contributed by atoms with Crippen LogP contribution in [0.2, 0.25) is 0 Å². The average molecular weight is 157 g/mol. The molecule has 0 aromatic rings. The normalized spacial score (nSPS) is 12.8. The first kappa shape index (κ1) is 10.2. The molecule has 0 bridgehead atoms. The zero-order valence-electron chi connectivity index (χ0n) is 7.26. The van der Waals surface area contributed by atoms with E-state index in [1.54, 1.807) is 6.92 Å². The Balaban J connectivity index is 3.85. The molecule has 11 heavy (non-hydrogen) atoms. The van der Waals surface area contributed by atoms with Crippen LogP contribution >= 0.6 is 0 Å². The monoisotopic (exact) mass is 157 g/mol. The van der Waals surface area contributed by atoms with Crippen molar-refractivity contribution in [2.75, 3.05) is 0 Å². The van der Waals surface area contributed by atoms with E-state index in [9.17, 15) is 4.79 Å². The Morgan fingerprint density at radius 2 is 2.00 bits per heavy atom. The summed E-state index contributed by atoms with van der Waals surface area (Å²) in [6, 6.07) is 0. The van der Waals surface area contributed by atoms with Crippen molar-refractivity contribution in [3.63, 3.8) is 0 Å². The van der Waals surface area contributed by atoms with Gasteiger partial charge in [-0.2, -0.15) is 0 Å². The molecule has 0 fully saturated rings. The van der Waals surface area contributed by atoms with E-state index in [0.717, 1.165) is 0 Å². The zero-order chi connectivity index (χ0) is 9.02. The third-order valence-corrected chi connectivity index (χ3v) is 1.25. The summed E-state index contributed by atoms with van der Waals surface area (Å²) >= 11 is 0. The van der Waals surface area contributed by atoms with Crippen molar-refractivity contribution in [1.82, 2.24) is 0 Å². The Bertz CT molecular complexity index is 163. The van der Waals surface area contributed by atoms with Gasteiger partial charge in [-0.15, -0.1) is 0 Å². The van der Waals surface area contributed by atoms with Gasteiger partial charge in [-0.3, -0.25) is 5.73 Å². The number of carbonyl (C=O) groups is 1. The Morgan fingerprint density at radius 1 is 1.55 bits per heavy atom. The second-order valence-electron chi connectivity index (χ2n) is 2.89. The smallest absolute Gasteiger partial charge is 0.334 e. The van der Waals surface area contributed by atoms with Gasteiger partial charge in [0.1, 0.15) is 0 Å². The zero-order valence-corrected chi connectivity index (χ0v) is 7.26. The molecule has 0 aliphatic carbocycles. The molecule has 3 nitrogen and oxygen atoms in total. The summed E-state index contributed by atoms with van der Waals surface area (Å²) in [7, 11) is 0. The molecule has 0 aromatic carbocycles. The van der Waals surface area contributed by atoms with Gasteiger partial charge >= 0.3 is 5.97 Å². The fourth-order valence-electron chi connectivity index (χ4n) is 0.360. The van der Waals surface area contributed by atoms with Crippen LogP contribution in [0, 0.1) is 5.92 Å². The number of esters is 1. The van der Waals surface area contributed by atoms with Gasteiger partial charge in [0.15, 0.2) is 6.23 Å². The lowest BCUT2D eigenvalue weighted by Crippen LogP contribution is -2.32. The van der Waals surface area contributed by atoms with Gasteiger partial charge in [0.05, 0.1) is 0 Å². The topological polar surface area (TPSA) is 52.3 Å². The van der Waals surface area contributed by atoms with E-state index in [1.807, 2.05) is 13.8 Å². The quantitative estimate of drug-likeness (QED) is 0.378. The van der Waals surface area contributed by atoms with E-state index in [1.165, 1.54) is 0 Å². The fraction of sp³-hybridized carbons (Fsp3) is 0.625. The summed E-state index contributed by atoms with van der Waals surface area (Å²) in [6.45, 7) is 8.80. The molecule has 2 N–H and O–H groups in total. The lowest BCUT2D eigenvalue weighted by Gasteiger charge is -2.15. The number of carbonyl (C=O) groups excluding carboxylic acids is 1. The van der Waals surface area contributed by atoms with Crippen LogP contribution in [0.3, 0.4) is 0 Å². The number of hydrogen-bond acceptors (Lipinski definition) is 3. The number of nitrogens with two attached hydrogens (primary N) is 1. The molecule has 0 aromatic heterocycles. The summed E-state index contributed by atoms with van der Waals surface area (Å²) in [5.74, 6) is -0.287. The molecule has 0 radical (unpaired) electrons. The predicted octanol–water partition coefficient (Wildman–Crippen LogP) is 1.05. The Kier molecular flexibility index (Phi) is 3.82. The predicted molar refractivity (Wildman–Crippen MR) is 43.7 cm³/mol. The molecule has 0 saturated heterocycles. The first-order valence-electron chi connectivity index (χ1n) is 3.57. The van der Waals surface area contributed by atoms with Crippen LogP contribution in [-0.4, -0.2) is 12.2 Å².